The van der Waals surface area contributed by atoms with Crippen LogP contribution in [0.15, 0.2) is 44.3 Å². The van der Waals surface area contributed by atoms with Crippen LogP contribution in [0.3, 0.4) is 0 Å². The number of rotatable bonds is 5. The molecular formula is C13H12BrCl2NO3S. The summed E-state index contributed by atoms with van der Waals surface area (Å²) in [6.07, 6.45) is 1.97. The summed E-state index contributed by atoms with van der Waals surface area (Å²) in [4.78, 5) is -0.125. The fraction of sp³-hybridized carbons (Fsp3) is 0.231. The molecule has 0 bridgehead atoms. The van der Waals surface area contributed by atoms with Crippen molar-refractivity contribution in [1.82, 2.24) is 4.72 Å². The van der Waals surface area contributed by atoms with Crippen LogP contribution in [0.1, 0.15) is 12.7 Å². The summed E-state index contributed by atoms with van der Waals surface area (Å²) in [5.41, 5.74) is 0. The van der Waals surface area contributed by atoms with Crippen LogP contribution in [0.4, 0.5) is 0 Å². The van der Waals surface area contributed by atoms with E-state index < -0.39 is 10.0 Å². The summed E-state index contributed by atoms with van der Waals surface area (Å²) >= 11 is 15.2. The third-order valence-corrected chi connectivity index (χ3v) is 5.64. The molecule has 2 aromatic rings. The van der Waals surface area contributed by atoms with Gasteiger partial charge in [0.1, 0.15) is 10.7 Å². The number of hydrogen-bond acceptors (Lipinski definition) is 3. The number of halogens is 3. The second kappa shape index (κ2) is 6.71. The van der Waals surface area contributed by atoms with Gasteiger partial charge in [0.15, 0.2) is 0 Å². The van der Waals surface area contributed by atoms with Crippen LogP contribution in [0.2, 0.25) is 10.0 Å². The number of sulfonamides is 1. The van der Waals surface area contributed by atoms with E-state index in [0.717, 1.165) is 0 Å². The topological polar surface area (TPSA) is 59.3 Å². The van der Waals surface area contributed by atoms with Crippen LogP contribution < -0.4 is 4.72 Å². The van der Waals surface area contributed by atoms with Crippen LogP contribution in [-0.4, -0.2) is 14.5 Å². The van der Waals surface area contributed by atoms with E-state index in [-0.39, 0.29) is 21.0 Å². The Morgan fingerprint density at radius 2 is 1.95 bits per heavy atom. The standard InChI is InChI=1S/C13H12BrCl2NO3S/c1-8(5-10-3-2-4-20-10)17-21(18,19)13-11(15)6-9(14)7-12(13)16/h2-4,6-8,17H,5H2,1H3. The molecular weight excluding hydrogens is 401 g/mol. The Balaban J connectivity index is 2.22. The molecule has 0 aliphatic heterocycles. The predicted octanol–water partition coefficient (Wildman–Crippen LogP) is 4.26. The molecule has 1 N–H and O–H groups in total. The third-order valence-electron chi connectivity index (χ3n) is 2.68. The van der Waals surface area contributed by atoms with Crippen molar-refractivity contribution in [3.8, 4) is 0 Å². The second-order valence-electron chi connectivity index (χ2n) is 4.50. The second-order valence-corrected chi connectivity index (χ2v) is 7.89. The van der Waals surface area contributed by atoms with Crippen molar-refractivity contribution >= 4 is 49.2 Å². The normalized spacial score (nSPS) is 13.3. The molecule has 4 nitrogen and oxygen atoms in total. The van der Waals surface area contributed by atoms with E-state index >= 15 is 0 Å². The Kier molecular flexibility index (Phi) is 5.38. The van der Waals surface area contributed by atoms with Gasteiger partial charge in [0.05, 0.1) is 16.3 Å². The van der Waals surface area contributed by atoms with Crippen LogP contribution in [0, 0.1) is 0 Å². The van der Waals surface area contributed by atoms with E-state index in [1.807, 2.05) is 0 Å². The minimum Gasteiger partial charge on any atom is -0.469 e. The fourth-order valence-corrected chi connectivity index (χ4v) is 5.06. The van der Waals surface area contributed by atoms with Crippen molar-refractivity contribution < 1.29 is 12.8 Å². The quantitative estimate of drug-likeness (QED) is 0.797. The summed E-state index contributed by atoms with van der Waals surface area (Å²) in [6, 6.07) is 6.14. The van der Waals surface area contributed by atoms with Gasteiger partial charge in [-0.05, 0) is 31.2 Å². The first-order chi connectivity index (χ1) is 9.79. The Labute approximate surface area is 141 Å². The summed E-state index contributed by atoms with van der Waals surface area (Å²) in [5.74, 6) is 0.693. The highest BCUT2D eigenvalue weighted by Crippen LogP contribution is 2.32. The average Bonchev–Trinajstić information content (AvgIpc) is 2.78. The number of nitrogens with one attached hydrogen (secondary N) is 1. The largest absolute Gasteiger partial charge is 0.469 e. The van der Waals surface area contributed by atoms with Gasteiger partial charge in [-0.1, -0.05) is 39.1 Å². The lowest BCUT2D eigenvalue weighted by molar-refractivity contribution is 0.479. The molecule has 1 aromatic heterocycles. The highest BCUT2D eigenvalue weighted by atomic mass is 79.9. The van der Waals surface area contributed by atoms with Gasteiger partial charge in [-0.2, -0.15) is 0 Å². The highest BCUT2D eigenvalue weighted by Gasteiger charge is 2.24. The maximum atomic E-state index is 12.4. The molecule has 1 aromatic carbocycles. The minimum absolute atomic E-state index is 0.0621. The van der Waals surface area contributed by atoms with E-state index in [1.165, 1.54) is 12.1 Å². The first-order valence-electron chi connectivity index (χ1n) is 5.99. The molecule has 1 heterocycles. The van der Waals surface area contributed by atoms with Crippen molar-refractivity contribution in [2.24, 2.45) is 0 Å². The maximum absolute atomic E-state index is 12.4. The predicted molar refractivity (Wildman–Crippen MR) is 86.4 cm³/mol. The molecule has 114 valence electrons. The van der Waals surface area contributed by atoms with E-state index in [1.54, 1.807) is 25.3 Å². The lowest BCUT2D eigenvalue weighted by atomic mass is 10.2. The van der Waals surface area contributed by atoms with E-state index in [0.29, 0.717) is 16.7 Å². The van der Waals surface area contributed by atoms with Gasteiger partial charge in [-0.3, -0.25) is 0 Å². The molecule has 21 heavy (non-hydrogen) atoms. The number of benzene rings is 1. The summed E-state index contributed by atoms with van der Waals surface area (Å²) in [5, 5.41) is 0.124. The molecule has 2 rings (SSSR count). The van der Waals surface area contributed by atoms with Gasteiger partial charge in [0, 0.05) is 16.9 Å². The zero-order chi connectivity index (χ0) is 15.6. The third kappa shape index (κ3) is 4.23. The Morgan fingerprint density at radius 3 is 2.48 bits per heavy atom. The van der Waals surface area contributed by atoms with Crippen LogP contribution >= 0.6 is 39.1 Å². The molecule has 0 spiro atoms. The van der Waals surface area contributed by atoms with Gasteiger partial charge in [0.2, 0.25) is 10.0 Å². The van der Waals surface area contributed by atoms with E-state index in [2.05, 4.69) is 20.7 Å². The molecule has 1 unspecified atom stereocenters. The molecule has 0 aliphatic rings. The lowest BCUT2D eigenvalue weighted by Gasteiger charge is -2.15. The molecule has 8 heteroatoms. The molecule has 0 saturated carbocycles. The van der Waals surface area contributed by atoms with Crippen molar-refractivity contribution in [2.75, 3.05) is 0 Å². The molecule has 0 saturated heterocycles. The zero-order valence-corrected chi connectivity index (χ0v) is 14.9. The molecule has 0 fully saturated rings. The highest BCUT2D eigenvalue weighted by molar-refractivity contribution is 9.10. The molecule has 0 amide bonds. The Bertz CT molecular complexity index is 709. The van der Waals surface area contributed by atoms with Gasteiger partial charge in [-0.15, -0.1) is 0 Å². The lowest BCUT2D eigenvalue weighted by Crippen LogP contribution is -2.34. The number of hydrogen-bond donors (Lipinski definition) is 1. The van der Waals surface area contributed by atoms with Crippen LogP contribution in [-0.2, 0) is 16.4 Å². The first-order valence-corrected chi connectivity index (χ1v) is 9.02. The Hall–Kier alpha value is -0.530. The average molecular weight is 413 g/mol. The summed E-state index contributed by atoms with van der Waals surface area (Å²) in [7, 11) is -3.82. The monoisotopic (exact) mass is 411 g/mol. The van der Waals surface area contributed by atoms with Crippen LogP contribution in [0.25, 0.3) is 0 Å². The summed E-state index contributed by atoms with van der Waals surface area (Å²) < 4.78 is 33.1. The maximum Gasteiger partial charge on any atom is 0.243 e. The molecule has 0 aliphatic carbocycles. The SMILES string of the molecule is CC(Cc1ccco1)NS(=O)(=O)c1c(Cl)cc(Br)cc1Cl. The van der Waals surface area contributed by atoms with E-state index in [9.17, 15) is 8.42 Å². The van der Waals surface area contributed by atoms with Crippen LogP contribution in [0.5, 0.6) is 0 Å². The summed E-state index contributed by atoms with van der Waals surface area (Å²) in [6.45, 7) is 1.74. The first kappa shape index (κ1) is 16.8. The minimum atomic E-state index is -3.82. The zero-order valence-electron chi connectivity index (χ0n) is 10.9. The van der Waals surface area contributed by atoms with Gasteiger partial charge in [-0.25, -0.2) is 13.1 Å². The van der Waals surface area contributed by atoms with Gasteiger partial charge >= 0.3 is 0 Å². The van der Waals surface area contributed by atoms with E-state index in [4.69, 9.17) is 27.6 Å². The van der Waals surface area contributed by atoms with Crippen molar-refractivity contribution in [3.63, 3.8) is 0 Å². The van der Waals surface area contributed by atoms with Crippen molar-refractivity contribution in [3.05, 3.63) is 50.8 Å². The fourth-order valence-electron chi connectivity index (χ4n) is 1.88. The van der Waals surface area contributed by atoms with Gasteiger partial charge < -0.3 is 4.42 Å². The smallest absolute Gasteiger partial charge is 0.243 e. The van der Waals surface area contributed by atoms with Crippen molar-refractivity contribution in [1.29, 1.82) is 0 Å². The van der Waals surface area contributed by atoms with Crippen molar-refractivity contribution in [2.45, 2.75) is 24.3 Å². The molecule has 0 radical (unpaired) electrons. The molecule has 1 atom stereocenters. The van der Waals surface area contributed by atoms with Gasteiger partial charge in [0.25, 0.3) is 0 Å². The Morgan fingerprint density at radius 1 is 1.33 bits per heavy atom. The number of furan rings is 1.